The smallest absolute Gasteiger partial charge is 0.0686 e. The van der Waals surface area contributed by atoms with E-state index in [1.54, 1.807) is 0 Å². The maximum atomic E-state index is 10.9. The summed E-state index contributed by atoms with van der Waals surface area (Å²) in [5.41, 5.74) is 0.608. The summed E-state index contributed by atoms with van der Waals surface area (Å²) in [6, 6.07) is 0. The Labute approximate surface area is 130 Å². The van der Waals surface area contributed by atoms with Crippen LogP contribution in [-0.4, -0.2) is 23.4 Å². The fourth-order valence-corrected chi connectivity index (χ4v) is 4.99. The normalized spacial score (nSPS) is 38.0. The van der Waals surface area contributed by atoms with Crippen molar-refractivity contribution < 1.29 is 9.84 Å². The van der Waals surface area contributed by atoms with E-state index in [4.69, 9.17) is 4.74 Å². The maximum Gasteiger partial charge on any atom is 0.0686 e. The van der Waals surface area contributed by atoms with E-state index < -0.39 is 0 Å². The third-order valence-electron chi connectivity index (χ3n) is 6.76. The molecule has 2 atom stereocenters. The zero-order valence-electron chi connectivity index (χ0n) is 14.2. The number of hydrogen-bond donors (Lipinski definition) is 1. The summed E-state index contributed by atoms with van der Waals surface area (Å²) >= 11 is 0. The molecule has 2 aliphatic carbocycles. The Bertz CT molecular complexity index is 345. The van der Waals surface area contributed by atoms with Gasteiger partial charge >= 0.3 is 0 Å². The third kappa shape index (κ3) is 3.32. The molecule has 2 nitrogen and oxygen atoms in total. The van der Waals surface area contributed by atoms with E-state index in [-0.39, 0.29) is 11.7 Å². The van der Waals surface area contributed by atoms with Crippen molar-refractivity contribution in [2.45, 2.75) is 90.3 Å². The number of rotatable bonds is 2. The van der Waals surface area contributed by atoms with Crippen LogP contribution < -0.4 is 0 Å². The van der Waals surface area contributed by atoms with Gasteiger partial charge in [0.1, 0.15) is 0 Å². The molecule has 1 heterocycles. The summed E-state index contributed by atoms with van der Waals surface area (Å²) in [4.78, 5) is 0. The predicted molar refractivity (Wildman–Crippen MR) is 86.2 cm³/mol. The van der Waals surface area contributed by atoms with Crippen LogP contribution in [0, 0.1) is 23.2 Å². The molecule has 2 unspecified atom stereocenters. The van der Waals surface area contributed by atoms with E-state index in [1.165, 1.54) is 44.9 Å². The zero-order chi connectivity index (χ0) is 15.1. The van der Waals surface area contributed by atoms with Crippen molar-refractivity contribution in [3.63, 3.8) is 0 Å². The molecule has 0 aromatic rings. The van der Waals surface area contributed by atoms with Crippen LogP contribution in [0.3, 0.4) is 0 Å². The average molecular weight is 294 g/mol. The molecule has 2 heteroatoms. The molecule has 0 aromatic carbocycles. The van der Waals surface area contributed by atoms with Gasteiger partial charge in [0.15, 0.2) is 0 Å². The minimum absolute atomic E-state index is 0.0766. The van der Waals surface area contributed by atoms with E-state index in [9.17, 15) is 5.11 Å². The van der Waals surface area contributed by atoms with Crippen molar-refractivity contribution in [3.8, 4) is 0 Å². The molecule has 122 valence electrons. The summed E-state index contributed by atoms with van der Waals surface area (Å²) in [5.74, 6) is 1.88. The summed E-state index contributed by atoms with van der Waals surface area (Å²) in [5, 5.41) is 10.9. The second kappa shape index (κ2) is 5.85. The lowest BCUT2D eigenvalue weighted by atomic mass is 9.65. The highest BCUT2D eigenvalue weighted by atomic mass is 16.5. The van der Waals surface area contributed by atoms with Crippen LogP contribution in [0.15, 0.2) is 0 Å². The molecule has 1 spiro atoms. The van der Waals surface area contributed by atoms with Crippen LogP contribution >= 0.6 is 0 Å². The Balaban J connectivity index is 1.53. The van der Waals surface area contributed by atoms with Crippen molar-refractivity contribution in [2.75, 3.05) is 6.61 Å². The van der Waals surface area contributed by atoms with Crippen LogP contribution in [0.25, 0.3) is 0 Å². The van der Waals surface area contributed by atoms with Crippen LogP contribution in [0.2, 0.25) is 0 Å². The van der Waals surface area contributed by atoms with Crippen molar-refractivity contribution in [2.24, 2.45) is 23.2 Å². The molecular weight excluding hydrogens is 260 g/mol. The molecule has 0 radical (unpaired) electrons. The lowest BCUT2D eigenvalue weighted by Gasteiger charge is -2.49. The van der Waals surface area contributed by atoms with Gasteiger partial charge in [0.2, 0.25) is 0 Å². The lowest BCUT2D eigenvalue weighted by Crippen LogP contribution is -2.49. The van der Waals surface area contributed by atoms with Gasteiger partial charge in [0, 0.05) is 6.61 Å². The molecule has 1 aliphatic heterocycles. The Morgan fingerprint density at radius 1 is 1.00 bits per heavy atom. The first-order valence-electron chi connectivity index (χ1n) is 9.22. The van der Waals surface area contributed by atoms with Crippen molar-refractivity contribution in [3.05, 3.63) is 0 Å². The maximum absolute atomic E-state index is 10.9. The van der Waals surface area contributed by atoms with Gasteiger partial charge in [-0.1, -0.05) is 20.8 Å². The lowest BCUT2D eigenvalue weighted by molar-refractivity contribution is -0.162. The molecule has 0 bridgehead atoms. The van der Waals surface area contributed by atoms with E-state index in [0.29, 0.717) is 17.3 Å². The van der Waals surface area contributed by atoms with Crippen molar-refractivity contribution in [1.82, 2.24) is 0 Å². The minimum atomic E-state index is -0.0766. The topological polar surface area (TPSA) is 29.5 Å². The number of aliphatic hydroxyl groups is 1. The van der Waals surface area contributed by atoms with Crippen LogP contribution in [-0.2, 0) is 4.74 Å². The first-order valence-corrected chi connectivity index (χ1v) is 9.22. The minimum Gasteiger partial charge on any atom is -0.393 e. The molecule has 2 saturated carbocycles. The van der Waals surface area contributed by atoms with E-state index in [2.05, 4.69) is 20.8 Å². The fourth-order valence-electron chi connectivity index (χ4n) is 4.99. The van der Waals surface area contributed by atoms with Gasteiger partial charge in [-0.25, -0.2) is 0 Å². The highest BCUT2D eigenvalue weighted by molar-refractivity contribution is 4.97. The standard InChI is InChI=1S/C19H34O2/c1-18(2,3)16-7-5-14(6-8-16)17(20)15-9-12-21-19(13-15)10-4-11-19/h14-17,20H,4-13H2,1-3H3. The summed E-state index contributed by atoms with van der Waals surface area (Å²) < 4.78 is 6.02. The molecule has 21 heavy (non-hydrogen) atoms. The van der Waals surface area contributed by atoms with Crippen molar-refractivity contribution in [1.29, 1.82) is 0 Å². The van der Waals surface area contributed by atoms with Gasteiger partial charge in [-0.3, -0.25) is 0 Å². The zero-order valence-corrected chi connectivity index (χ0v) is 14.2. The quantitative estimate of drug-likeness (QED) is 0.809. The Morgan fingerprint density at radius 2 is 1.67 bits per heavy atom. The van der Waals surface area contributed by atoms with Gasteiger partial charge in [0.25, 0.3) is 0 Å². The first-order chi connectivity index (χ1) is 9.90. The largest absolute Gasteiger partial charge is 0.393 e. The average Bonchev–Trinajstić information content (AvgIpc) is 2.44. The van der Waals surface area contributed by atoms with Gasteiger partial charge in [-0.15, -0.1) is 0 Å². The predicted octanol–water partition coefficient (Wildman–Crippen LogP) is 4.55. The van der Waals surface area contributed by atoms with Crippen LogP contribution in [0.1, 0.15) is 78.6 Å². The van der Waals surface area contributed by atoms with Gasteiger partial charge in [-0.05, 0) is 81.0 Å². The highest BCUT2D eigenvalue weighted by Crippen LogP contribution is 2.47. The second-order valence-electron chi connectivity index (χ2n) is 9.11. The van der Waals surface area contributed by atoms with Gasteiger partial charge in [-0.2, -0.15) is 0 Å². The second-order valence-corrected chi connectivity index (χ2v) is 9.11. The fraction of sp³-hybridized carbons (Fsp3) is 1.00. The Kier molecular flexibility index (Phi) is 4.40. The molecule has 0 aromatic heterocycles. The number of aliphatic hydroxyl groups excluding tert-OH is 1. The molecule has 0 amide bonds. The van der Waals surface area contributed by atoms with E-state index >= 15 is 0 Å². The van der Waals surface area contributed by atoms with Crippen LogP contribution in [0.4, 0.5) is 0 Å². The molecule has 1 N–H and O–H groups in total. The number of hydrogen-bond acceptors (Lipinski definition) is 2. The molecule has 3 aliphatic rings. The molecule has 3 rings (SSSR count). The summed E-state index contributed by atoms with van der Waals surface area (Å²) in [6.45, 7) is 7.98. The van der Waals surface area contributed by atoms with Crippen molar-refractivity contribution >= 4 is 0 Å². The van der Waals surface area contributed by atoms with Gasteiger partial charge < -0.3 is 9.84 Å². The van der Waals surface area contributed by atoms with Crippen LogP contribution in [0.5, 0.6) is 0 Å². The first kappa shape index (κ1) is 15.8. The summed E-state index contributed by atoms with van der Waals surface area (Å²) in [6.07, 6.45) is 11.0. The van der Waals surface area contributed by atoms with E-state index in [1.807, 2.05) is 0 Å². The Morgan fingerprint density at radius 3 is 2.19 bits per heavy atom. The Hall–Kier alpha value is -0.0800. The highest BCUT2D eigenvalue weighted by Gasteiger charge is 2.45. The monoisotopic (exact) mass is 294 g/mol. The molecule has 1 saturated heterocycles. The molecular formula is C19H34O2. The van der Waals surface area contributed by atoms with Gasteiger partial charge in [0.05, 0.1) is 11.7 Å². The third-order valence-corrected chi connectivity index (χ3v) is 6.76. The van der Waals surface area contributed by atoms with E-state index in [0.717, 1.165) is 25.4 Å². The summed E-state index contributed by atoms with van der Waals surface area (Å²) in [7, 11) is 0. The SMILES string of the molecule is CC(C)(C)C1CCC(C(O)C2CCOC3(CCC3)C2)CC1. The molecule has 3 fully saturated rings. The number of ether oxygens (including phenoxy) is 1.